The van der Waals surface area contributed by atoms with Gasteiger partial charge in [-0.1, -0.05) is 86.4 Å². The van der Waals surface area contributed by atoms with Gasteiger partial charge in [-0.25, -0.2) is 0 Å². The van der Waals surface area contributed by atoms with Gasteiger partial charge < -0.3 is 50.5 Å². The molecule has 1 amide bonds. The van der Waals surface area contributed by atoms with E-state index in [1.54, 1.807) is 18.2 Å². The van der Waals surface area contributed by atoms with Crippen LogP contribution in [0.5, 0.6) is 5.75 Å². The smallest absolute Gasteiger partial charge is 0.235 e. The van der Waals surface area contributed by atoms with Crippen molar-refractivity contribution in [1.29, 1.82) is 0 Å². The molecule has 13 aliphatic rings. The first kappa shape index (κ1) is 48.7. The highest BCUT2D eigenvalue weighted by atomic mass is 33.1. The van der Waals surface area contributed by atoms with E-state index in [1.165, 1.54) is 21.6 Å². The van der Waals surface area contributed by atoms with Gasteiger partial charge in [0.1, 0.15) is 28.5 Å². The average molecular weight is 1000 g/mol. The van der Waals surface area contributed by atoms with E-state index in [0.29, 0.717) is 68.0 Å². The van der Waals surface area contributed by atoms with E-state index < -0.39 is 91.2 Å². The van der Waals surface area contributed by atoms with E-state index in [1.807, 2.05) is 17.9 Å². The van der Waals surface area contributed by atoms with Crippen molar-refractivity contribution in [1.82, 2.24) is 0 Å². The summed E-state index contributed by atoms with van der Waals surface area (Å²) in [5, 5.41) is 99.0. The number of fused-ring (bicyclic) bond motifs is 1. The van der Waals surface area contributed by atoms with Crippen molar-refractivity contribution in [3.63, 3.8) is 0 Å². The Morgan fingerprint density at radius 2 is 1.71 bits per heavy atom. The number of allylic oxidation sites excluding steroid dienone is 3. The number of hydrogen-bond donors (Lipinski definition) is 8. The number of epoxide rings is 1. The van der Waals surface area contributed by atoms with Crippen LogP contribution in [0.15, 0.2) is 54.2 Å². The summed E-state index contributed by atoms with van der Waals surface area (Å²) >= 11 is 0. The zero-order chi connectivity index (χ0) is 49.4. The number of aliphatic hydroxyl groups excluding tert-OH is 4. The largest absolute Gasteiger partial charge is 0.508 e. The minimum Gasteiger partial charge on any atom is -0.508 e. The Balaban J connectivity index is 1.06. The number of rotatable bonds is 5. The van der Waals surface area contributed by atoms with Crippen LogP contribution in [0.3, 0.4) is 0 Å². The SMILES string of the molecule is CC(C)[C@@H](C)[C@@H]1O[C@H]1[C@@]1(O)CC=C[C@@H]2C[C@H]3C4=CC(=O)[C@@]5(C[C@@H](O)[C@](O)(CO)C[C@]35C)[C@H](O)SSC[C@H]3CCC[C@]5(CO)C=C[C@@H]6CCC[C@@]67CN(C(=O)[C@@]357)c3cc(O)cc(c3)CC[C@]23[C@@H]1CC[C@@]43O. The average Bonchev–Trinajstić information content (AvgIpc) is 3.86. The summed E-state index contributed by atoms with van der Waals surface area (Å²) in [5.41, 5.74) is -10.8. The third-order valence-electron chi connectivity index (χ3n) is 22.9. The molecule has 7 fully saturated rings. The van der Waals surface area contributed by atoms with Crippen LogP contribution in [0.4, 0.5) is 5.69 Å². The zero-order valence-electron chi connectivity index (χ0n) is 41.3. The van der Waals surface area contributed by atoms with Crippen LogP contribution in [-0.2, 0) is 20.7 Å². The molecule has 8 N–H and O–H groups in total. The molecule has 8 aliphatic carbocycles. The fourth-order valence-electron chi connectivity index (χ4n) is 19.4. The zero-order valence-corrected chi connectivity index (χ0v) is 42.9. The van der Waals surface area contributed by atoms with Crippen molar-refractivity contribution >= 4 is 39.0 Å². The minimum absolute atomic E-state index is 0.0287. The summed E-state index contributed by atoms with van der Waals surface area (Å²) in [6.07, 6.45) is 14.6. The third-order valence-corrected chi connectivity index (χ3v) is 25.5. The number of aliphatic hydroxyl groups is 7. The maximum atomic E-state index is 16.2. The molecule has 1 aromatic carbocycles. The Hall–Kier alpha value is -2.24. The van der Waals surface area contributed by atoms with Gasteiger partial charge in [0.15, 0.2) is 5.78 Å². The van der Waals surface area contributed by atoms with Crippen LogP contribution < -0.4 is 4.90 Å². The van der Waals surface area contributed by atoms with E-state index in [-0.39, 0.29) is 67.3 Å². The number of benzene rings is 1. The molecule has 70 heavy (non-hydrogen) atoms. The van der Waals surface area contributed by atoms with Crippen LogP contribution in [-0.4, -0.2) is 119 Å². The van der Waals surface area contributed by atoms with Crippen LogP contribution in [0.2, 0.25) is 0 Å². The van der Waals surface area contributed by atoms with E-state index >= 15 is 9.59 Å². The van der Waals surface area contributed by atoms with E-state index in [2.05, 4.69) is 45.1 Å². The highest BCUT2D eigenvalue weighted by molar-refractivity contribution is 8.76. The molecule has 5 heterocycles. The van der Waals surface area contributed by atoms with Gasteiger partial charge in [0.2, 0.25) is 5.91 Å². The third kappa shape index (κ3) is 5.76. The van der Waals surface area contributed by atoms with Gasteiger partial charge in [-0.2, -0.15) is 0 Å². The van der Waals surface area contributed by atoms with Gasteiger partial charge in [0, 0.05) is 46.2 Å². The van der Waals surface area contributed by atoms with Gasteiger partial charge in [-0.3, -0.25) is 9.59 Å². The van der Waals surface area contributed by atoms with E-state index in [9.17, 15) is 40.9 Å². The summed E-state index contributed by atoms with van der Waals surface area (Å²) in [7, 11) is 2.61. The lowest BCUT2D eigenvalue weighted by Gasteiger charge is -2.68. The Morgan fingerprint density at radius 1 is 0.929 bits per heavy atom. The molecule has 382 valence electrons. The molecule has 5 saturated carbocycles. The number of aryl methyl sites for hydroxylation is 1. The molecule has 4 spiro atoms. The highest BCUT2D eigenvalue weighted by Gasteiger charge is 2.80. The second kappa shape index (κ2) is 15.9. The molecule has 8 bridgehead atoms. The number of hydrogen-bond acceptors (Lipinski definition) is 13. The normalized spacial score (nSPS) is 51.5. The molecular weight excluding hydrogens is 927 g/mol. The molecule has 14 rings (SSSR count). The lowest BCUT2D eigenvalue weighted by atomic mass is 9.38. The number of anilines is 1. The number of ether oxygens (including phenoxy) is 1. The number of amides is 1. The van der Waals surface area contributed by atoms with E-state index in [4.69, 9.17) is 4.74 Å². The van der Waals surface area contributed by atoms with Crippen LogP contribution >= 0.6 is 21.6 Å². The molecular formula is C56H75NO11S2. The first-order chi connectivity index (χ1) is 33.2. The Labute approximate surface area is 420 Å². The predicted octanol–water partition coefficient (Wildman–Crippen LogP) is 6.40. The van der Waals surface area contributed by atoms with Crippen LogP contribution in [0.25, 0.3) is 0 Å². The summed E-state index contributed by atoms with van der Waals surface area (Å²) in [4.78, 5) is 33.8. The number of nitrogens with zero attached hydrogens (tertiary/aromatic N) is 1. The monoisotopic (exact) mass is 1000 g/mol. The van der Waals surface area contributed by atoms with Crippen molar-refractivity contribution in [3.05, 3.63) is 59.7 Å². The van der Waals surface area contributed by atoms with Crippen molar-refractivity contribution in [3.8, 4) is 5.75 Å². The molecule has 1 aromatic rings. The molecule has 0 aromatic heterocycles. The first-order valence-corrected chi connectivity index (χ1v) is 29.1. The van der Waals surface area contributed by atoms with Gasteiger partial charge in [0.25, 0.3) is 0 Å². The second-order valence-corrected chi connectivity index (χ2v) is 27.8. The molecule has 12 nitrogen and oxygen atoms in total. The quantitative estimate of drug-likeness (QED) is 0.0914. The lowest BCUT2D eigenvalue weighted by Crippen LogP contribution is -2.72. The maximum absolute atomic E-state index is 16.2. The Bertz CT molecular complexity index is 2470. The van der Waals surface area contributed by atoms with Crippen LogP contribution in [0, 0.1) is 73.9 Å². The van der Waals surface area contributed by atoms with Gasteiger partial charge in [-0.05, 0) is 147 Å². The number of carbonyl (C=O) groups excluding carboxylic acids is 2. The molecule has 0 unspecified atom stereocenters. The van der Waals surface area contributed by atoms with Crippen molar-refractivity contribution in [2.75, 3.05) is 30.4 Å². The van der Waals surface area contributed by atoms with Gasteiger partial charge in [-0.15, -0.1) is 0 Å². The van der Waals surface area contributed by atoms with Gasteiger partial charge >= 0.3 is 0 Å². The fraction of sp³-hybridized carbons (Fsp3) is 0.750. The van der Waals surface area contributed by atoms with Crippen molar-refractivity contribution in [2.24, 2.45) is 73.9 Å². The molecule has 0 radical (unpaired) electrons. The predicted molar refractivity (Wildman–Crippen MR) is 267 cm³/mol. The standard InChI is InChI=1S/C56H75NO11S2/c1-31(2)32(3)44-45(68-44)54(66)16-7-9-35-22-39-40-24-42(61)53(25-43(62)51(65,30-59)27-48(39,53)4)47(64)70-69-26-36-10-5-14-49(29-58)17-12-34-8-6-15-50(34)28-57(46(63)56(36,49)50)37-20-33(21-38(60)23-37)11-18-52(35)41(54)13-19-55(40,52)67/h7,9,12,17,20-21,23-24,31-32,34-36,39,41,43-45,47,58-60,62,64-67H,5-6,8,10-11,13-16,18-19,22,25-30H2,1-4H3/t32-,34+,35-,36-,39+,41+,43-,44+,45-,47-,48-,49-,50-,51-,52-,53+,54-,55-,56+/m1/s1. The summed E-state index contributed by atoms with van der Waals surface area (Å²) in [5.74, 6) is -1.02. The Kier molecular flexibility index (Phi) is 11.1. The van der Waals surface area contributed by atoms with Gasteiger partial charge in [0.05, 0.1) is 41.9 Å². The Morgan fingerprint density at radius 3 is 2.47 bits per heavy atom. The van der Waals surface area contributed by atoms with E-state index in [0.717, 1.165) is 37.7 Å². The first-order valence-electron chi connectivity index (χ1n) is 26.7. The number of carbonyl (C=O) groups is 2. The number of ketones is 1. The molecule has 14 heteroatoms. The summed E-state index contributed by atoms with van der Waals surface area (Å²) in [6.45, 7) is 7.90. The highest BCUT2D eigenvalue weighted by Crippen LogP contribution is 2.78. The molecule has 19 atom stereocenters. The number of aromatic hydroxyl groups is 1. The van der Waals surface area contributed by atoms with Crippen LogP contribution in [0.1, 0.15) is 117 Å². The topological polar surface area (TPSA) is 212 Å². The van der Waals surface area contributed by atoms with Crippen molar-refractivity contribution < 1.29 is 55.2 Å². The molecule has 5 aliphatic heterocycles. The fourth-order valence-corrected chi connectivity index (χ4v) is 22.5. The number of phenols is 1. The summed E-state index contributed by atoms with van der Waals surface area (Å²) in [6, 6.07) is 5.48. The number of phenolic OH excluding ortho intramolecular Hbond substituents is 1. The maximum Gasteiger partial charge on any atom is 0.235 e. The second-order valence-electron chi connectivity index (χ2n) is 25.4. The van der Waals surface area contributed by atoms with Crippen molar-refractivity contribution in [2.45, 2.75) is 158 Å². The lowest BCUT2D eigenvalue weighted by molar-refractivity contribution is -0.235. The minimum atomic E-state index is -1.99. The summed E-state index contributed by atoms with van der Waals surface area (Å²) < 4.78 is 6.52. The molecule has 2 saturated heterocycles.